The maximum Gasteiger partial charge on any atom is 0.418 e. The van der Waals surface area contributed by atoms with Crippen LogP contribution in [-0.2, 0) is 11.0 Å². The van der Waals surface area contributed by atoms with Gasteiger partial charge < -0.3 is 10.6 Å². The highest BCUT2D eigenvalue weighted by Gasteiger charge is 2.51. The number of aromatic nitrogens is 3. The summed E-state index contributed by atoms with van der Waals surface area (Å²) in [6, 6.07) is 3.98. The molecule has 2 aromatic heterocycles. The van der Waals surface area contributed by atoms with Crippen molar-refractivity contribution in [3.05, 3.63) is 77.4 Å². The van der Waals surface area contributed by atoms with Gasteiger partial charge in [-0.15, -0.1) is 0 Å². The van der Waals surface area contributed by atoms with E-state index < -0.39 is 34.9 Å². The second-order valence-electron chi connectivity index (χ2n) is 8.97. The highest BCUT2D eigenvalue weighted by molar-refractivity contribution is 6.00. The lowest BCUT2D eigenvalue weighted by Gasteiger charge is -2.20. The Balaban J connectivity index is 1.44. The average Bonchev–Trinajstić information content (AvgIpc) is 3.61. The van der Waals surface area contributed by atoms with Crippen LogP contribution < -0.4 is 10.6 Å². The second-order valence-corrected chi connectivity index (χ2v) is 8.97. The third-order valence-corrected chi connectivity index (χ3v) is 6.10. The molecule has 1 aliphatic rings. The Morgan fingerprint density at radius 3 is 2.42 bits per heavy atom. The molecule has 0 spiro atoms. The molecule has 1 aromatic carbocycles. The number of pyridine rings is 1. The fraction of sp³-hybridized carbons (Fsp3) is 0.320. The molecule has 1 amide bonds. The molecule has 2 N–H and O–H groups in total. The number of nitrogens with one attached hydrogen (secondary N) is 2. The minimum atomic E-state index is -4.59. The van der Waals surface area contributed by atoms with Gasteiger partial charge in [-0.25, -0.2) is 14.4 Å². The normalized spacial score (nSPS) is 15.2. The maximum atomic E-state index is 14.9. The molecule has 11 heteroatoms. The first kappa shape index (κ1) is 25.2. The van der Waals surface area contributed by atoms with Crippen molar-refractivity contribution >= 4 is 23.1 Å². The number of hydrogen-bond donors (Lipinski definition) is 2. The van der Waals surface area contributed by atoms with Crippen LogP contribution in [0.4, 0.5) is 28.9 Å². The molecule has 188 valence electrons. The number of rotatable bonds is 8. The zero-order valence-corrected chi connectivity index (χ0v) is 19.5. The smallest absolute Gasteiger partial charge is 0.354 e. The van der Waals surface area contributed by atoms with E-state index in [2.05, 4.69) is 25.6 Å². The molecule has 1 saturated carbocycles. The van der Waals surface area contributed by atoms with Crippen LogP contribution in [0.5, 0.6) is 0 Å². The standard InChI is InChI=1S/C25H23F4N5O2/c1-14-3-4-20(18(7-14)25(27,28)29)34-17-8-19(26)22(32-12-17)15(2)33-23(36)24(5-6-24)9-21(35)16-10-30-13-31-11-16/h3-4,7-8,10-13,15,34H,5-6,9H2,1-2H3,(H,33,36). The zero-order chi connectivity index (χ0) is 26.1. The molecular formula is C25H23F4N5O2. The van der Waals surface area contributed by atoms with Gasteiger partial charge in [0.1, 0.15) is 12.1 Å². The van der Waals surface area contributed by atoms with E-state index in [1.807, 2.05) is 0 Å². The van der Waals surface area contributed by atoms with Gasteiger partial charge in [0.05, 0.1) is 45.8 Å². The number of aryl methyl sites for hydroxylation is 1. The molecule has 3 aromatic rings. The monoisotopic (exact) mass is 501 g/mol. The van der Waals surface area contributed by atoms with Crippen molar-refractivity contribution in [2.45, 2.75) is 45.3 Å². The fourth-order valence-corrected chi connectivity index (χ4v) is 3.90. The van der Waals surface area contributed by atoms with Crippen LogP contribution in [0.3, 0.4) is 0 Å². The lowest BCUT2D eigenvalue weighted by atomic mass is 9.95. The summed E-state index contributed by atoms with van der Waals surface area (Å²) < 4.78 is 55.0. The van der Waals surface area contributed by atoms with Crippen LogP contribution in [0.1, 0.15) is 59.4 Å². The second kappa shape index (κ2) is 9.63. The summed E-state index contributed by atoms with van der Waals surface area (Å²) in [7, 11) is 0. The number of Topliss-reactive ketones (excluding diaryl/α,β-unsaturated/α-hetero) is 1. The van der Waals surface area contributed by atoms with Crippen molar-refractivity contribution in [1.29, 1.82) is 0 Å². The van der Waals surface area contributed by atoms with Gasteiger partial charge in [-0.3, -0.25) is 14.6 Å². The number of halogens is 4. The lowest BCUT2D eigenvalue weighted by Crippen LogP contribution is -2.36. The van der Waals surface area contributed by atoms with Crippen LogP contribution in [0, 0.1) is 18.2 Å². The highest BCUT2D eigenvalue weighted by atomic mass is 19.4. The molecule has 4 rings (SSSR count). The van der Waals surface area contributed by atoms with E-state index in [0.717, 1.165) is 12.1 Å². The quantitative estimate of drug-likeness (QED) is 0.321. The summed E-state index contributed by atoms with van der Waals surface area (Å²) in [5.74, 6) is -1.45. The van der Waals surface area contributed by atoms with Crippen LogP contribution >= 0.6 is 0 Å². The molecule has 1 atom stereocenters. The fourth-order valence-electron chi connectivity index (χ4n) is 3.90. The van der Waals surface area contributed by atoms with Gasteiger partial charge in [0, 0.05) is 24.9 Å². The van der Waals surface area contributed by atoms with E-state index in [0.29, 0.717) is 24.0 Å². The molecule has 0 saturated heterocycles. The molecule has 1 unspecified atom stereocenters. The van der Waals surface area contributed by atoms with Gasteiger partial charge in [-0.1, -0.05) is 11.6 Å². The molecule has 0 bridgehead atoms. The first-order valence-electron chi connectivity index (χ1n) is 11.2. The number of anilines is 2. The average molecular weight is 501 g/mol. The number of carbonyl (C=O) groups is 2. The first-order chi connectivity index (χ1) is 17.0. The minimum Gasteiger partial charge on any atom is -0.354 e. The topological polar surface area (TPSA) is 96.9 Å². The predicted molar refractivity (Wildman–Crippen MR) is 123 cm³/mol. The van der Waals surface area contributed by atoms with Crippen molar-refractivity contribution in [3.8, 4) is 0 Å². The third-order valence-electron chi connectivity index (χ3n) is 6.10. The molecule has 36 heavy (non-hydrogen) atoms. The summed E-state index contributed by atoms with van der Waals surface area (Å²) in [5, 5.41) is 5.27. The van der Waals surface area contributed by atoms with E-state index in [-0.39, 0.29) is 29.3 Å². The Kier molecular flexibility index (Phi) is 6.75. The van der Waals surface area contributed by atoms with Crippen LogP contribution in [0.2, 0.25) is 0 Å². The van der Waals surface area contributed by atoms with Gasteiger partial charge in [0.15, 0.2) is 5.78 Å². The number of hydrogen-bond acceptors (Lipinski definition) is 6. The molecular weight excluding hydrogens is 478 g/mol. The van der Waals surface area contributed by atoms with Gasteiger partial charge in [0.2, 0.25) is 5.91 Å². The van der Waals surface area contributed by atoms with Gasteiger partial charge in [-0.05, 0) is 38.8 Å². The summed E-state index contributed by atoms with van der Waals surface area (Å²) in [5.41, 5.74) is -1.29. The number of ketones is 1. The third kappa shape index (κ3) is 5.50. The minimum absolute atomic E-state index is 0.0181. The number of amides is 1. The van der Waals surface area contributed by atoms with Crippen molar-refractivity contribution < 1.29 is 27.2 Å². The largest absolute Gasteiger partial charge is 0.418 e. The summed E-state index contributed by atoms with van der Waals surface area (Å²) >= 11 is 0. The molecule has 2 heterocycles. The number of carbonyl (C=O) groups excluding carboxylic acids is 2. The number of alkyl halides is 3. The Morgan fingerprint density at radius 1 is 1.11 bits per heavy atom. The van der Waals surface area contributed by atoms with Crippen LogP contribution in [-0.4, -0.2) is 26.6 Å². The van der Waals surface area contributed by atoms with Crippen LogP contribution in [0.25, 0.3) is 0 Å². The molecule has 0 radical (unpaired) electrons. The number of benzene rings is 1. The van der Waals surface area contributed by atoms with E-state index in [1.54, 1.807) is 13.8 Å². The van der Waals surface area contributed by atoms with Crippen molar-refractivity contribution in [2.24, 2.45) is 5.41 Å². The van der Waals surface area contributed by atoms with E-state index in [9.17, 15) is 27.2 Å². The zero-order valence-electron chi connectivity index (χ0n) is 19.5. The van der Waals surface area contributed by atoms with Crippen molar-refractivity contribution in [1.82, 2.24) is 20.3 Å². The lowest BCUT2D eigenvalue weighted by molar-refractivity contribution is -0.137. The Labute approximate surface area is 204 Å². The Hall–Kier alpha value is -3.89. The van der Waals surface area contributed by atoms with Gasteiger partial charge in [-0.2, -0.15) is 13.2 Å². The van der Waals surface area contributed by atoms with Gasteiger partial charge in [0.25, 0.3) is 0 Å². The van der Waals surface area contributed by atoms with Gasteiger partial charge >= 0.3 is 6.18 Å². The first-order valence-corrected chi connectivity index (χ1v) is 11.2. The Bertz CT molecular complexity index is 1290. The van der Waals surface area contributed by atoms with E-state index in [4.69, 9.17) is 0 Å². The van der Waals surface area contributed by atoms with E-state index in [1.165, 1.54) is 37.1 Å². The molecule has 1 aliphatic carbocycles. The highest BCUT2D eigenvalue weighted by Crippen LogP contribution is 2.50. The molecule has 0 aliphatic heterocycles. The maximum absolute atomic E-state index is 14.9. The van der Waals surface area contributed by atoms with E-state index >= 15 is 0 Å². The summed E-state index contributed by atoms with van der Waals surface area (Å²) in [6.07, 6.45) is 1.69. The van der Waals surface area contributed by atoms with Crippen molar-refractivity contribution in [2.75, 3.05) is 5.32 Å². The SMILES string of the molecule is Cc1ccc(Nc2cnc(C(C)NC(=O)C3(CC(=O)c4cncnc4)CC3)c(F)c2)c(C(F)(F)F)c1. The summed E-state index contributed by atoms with van der Waals surface area (Å²) in [6.45, 7) is 3.09. The predicted octanol–water partition coefficient (Wildman–Crippen LogP) is 5.31. The number of nitrogens with zero attached hydrogens (tertiary/aromatic N) is 3. The molecule has 7 nitrogen and oxygen atoms in total. The van der Waals surface area contributed by atoms with Crippen LogP contribution in [0.15, 0.2) is 49.2 Å². The van der Waals surface area contributed by atoms with Crippen molar-refractivity contribution in [3.63, 3.8) is 0 Å². The summed E-state index contributed by atoms with van der Waals surface area (Å²) in [4.78, 5) is 37.0. The molecule has 1 fully saturated rings. The Morgan fingerprint density at radius 2 is 1.81 bits per heavy atom.